The normalized spacial score (nSPS) is 18.9. The molecule has 0 aliphatic carbocycles. The molecule has 5 nitrogen and oxygen atoms in total. The summed E-state index contributed by atoms with van der Waals surface area (Å²) in [6.07, 6.45) is 0.619. The minimum Gasteiger partial charge on any atom is -0.399 e. The molecule has 8 heteroatoms. The summed E-state index contributed by atoms with van der Waals surface area (Å²) in [5.41, 5.74) is 5.15. The van der Waals surface area contributed by atoms with Crippen molar-refractivity contribution < 1.29 is 17.2 Å². The fourth-order valence-corrected chi connectivity index (χ4v) is 3.78. The third-order valence-corrected chi connectivity index (χ3v) is 5.25. The van der Waals surface area contributed by atoms with Crippen LogP contribution in [0, 0.1) is 11.6 Å². The molecule has 0 unspecified atom stereocenters. The van der Waals surface area contributed by atoms with Crippen molar-refractivity contribution in [1.82, 2.24) is 9.21 Å². The average Bonchev–Trinajstić information content (AvgIpc) is 2.52. The molecule has 0 atom stereocenters. The summed E-state index contributed by atoms with van der Waals surface area (Å²) in [6.45, 7) is 1.73. The zero-order valence-corrected chi connectivity index (χ0v) is 12.0. The summed E-state index contributed by atoms with van der Waals surface area (Å²) in [5, 5.41) is 0. The first-order valence-electron chi connectivity index (χ1n) is 6.25. The zero-order chi connectivity index (χ0) is 14.9. The van der Waals surface area contributed by atoms with E-state index in [4.69, 9.17) is 5.73 Å². The molecular formula is C12H17F2N3O2S. The van der Waals surface area contributed by atoms with Crippen LogP contribution in [-0.2, 0) is 10.0 Å². The lowest BCUT2D eigenvalue weighted by Crippen LogP contribution is -2.35. The van der Waals surface area contributed by atoms with Gasteiger partial charge in [-0.3, -0.25) is 0 Å². The van der Waals surface area contributed by atoms with Gasteiger partial charge < -0.3 is 10.6 Å². The van der Waals surface area contributed by atoms with Crippen LogP contribution in [0.3, 0.4) is 0 Å². The first-order valence-corrected chi connectivity index (χ1v) is 7.69. The van der Waals surface area contributed by atoms with E-state index in [0.29, 0.717) is 13.0 Å². The Morgan fingerprint density at radius 1 is 1.10 bits per heavy atom. The van der Waals surface area contributed by atoms with Gasteiger partial charge in [-0.2, -0.15) is 4.31 Å². The van der Waals surface area contributed by atoms with E-state index in [1.165, 1.54) is 0 Å². The number of nitrogens with two attached hydrogens (primary N) is 1. The fraction of sp³-hybridized carbons (Fsp3) is 0.500. The maximum Gasteiger partial charge on any atom is 0.248 e. The number of nitrogens with zero attached hydrogens (tertiary/aromatic N) is 2. The van der Waals surface area contributed by atoms with E-state index in [0.717, 1.165) is 23.0 Å². The number of benzene rings is 1. The summed E-state index contributed by atoms with van der Waals surface area (Å²) in [4.78, 5) is 1.06. The first-order chi connectivity index (χ1) is 9.32. The van der Waals surface area contributed by atoms with E-state index in [2.05, 4.69) is 0 Å². The Morgan fingerprint density at radius 2 is 1.70 bits per heavy atom. The molecule has 1 aromatic rings. The number of halogens is 2. The van der Waals surface area contributed by atoms with Gasteiger partial charge in [-0.1, -0.05) is 0 Å². The van der Waals surface area contributed by atoms with Crippen molar-refractivity contribution in [2.24, 2.45) is 0 Å². The molecule has 0 spiro atoms. The van der Waals surface area contributed by atoms with Gasteiger partial charge in [0, 0.05) is 25.3 Å². The van der Waals surface area contributed by atoms with Gasteiger partial charge in [0.2, 0.25) is 10.0 Å². The molecule has 1 saturated heterocycles. The van der Waals surface area contributed by atoms with Crippen molar-refractivity contribution in [2.45, 2.75) is 11.3 Å². The van der Waals surface area contributed by atoms with Gasteiger partial charge >= 0.3 is 0 Å². The van der Waals surface area contributed by atoms with E-state index < -0.39 is 26.6 Å². The molecule has 112 valence electrons. The topological polar surface area (TPSA) is 66.6 Å². The van der Waals surface area contributed by atoms with E-state index in [1.54, 1.807) is 0 Å². The largest absolute Gasteiger partial charge is 0.399 e. The molecule has 0 saturated carbocycles. The molecule has 0 aromatic heterocycles. The molecule has 20 heavy (non-hydrogen) atoms. The van der Waals surface area contributed by atoms with E-state index in [9.17, 15) is 17.2 Å². The minimum atomic E-state index is -4.19. The quantitative estimate of drug-likeness (QED) is 0.824. The number of sulfonamides is 1. The Labute approximate surface area is 117 Å². The van der Waals surface area contributed by atoms with Crippen molar-refractivity contribution in [3.63, 3.8) is 0 Å². The van der Waals surface area contributed by atoms with Crippen LogP contribution < -0.4 is 5.73 Å². The Hall–Kier alpha value is -1.25. The summed E-state index contributed by atoms with van der Waals surface area (Å²) in [6, 6.07) is 1.64. The highest BCUT2D eigenvalue weighted by atomic mass is 32.2. The third-order valence-electron chi connectivity index (χ3n) is 3.30. The molecule has 1 heterocycles. The van der Waals surface area contributed by atoms with Crippen molar-refractivity contribution >= 4 is 15.7 Å². The number of likely N-dealkylation sites (N-methyl/N-ethyl adjacent to an activating group) is 1. The Balaban J connectivity index is 2.40. The summed E-state index contributed by atoms with van der Waals surface area (Å²) >= 11 is 0. The second kappa shape index (κ2) is 5.63. The maximum absolute atomic E-state index is 13.8. The van der Waals surface area contributed by atoms with Gasteiger partial charge in [0.05, 0.1) is 0 Å². The smallest absolute Gasteiger partial charge is 0.248 e. The van der Waals surface area contributed by atoms with Gasteiger partial charge in [-0.25, -0.2) is 17.2 Å². The Kier molecular flexibility index (Phi) is 4.26. The highest BCUT2D eigenvalue weighted by molar-refractivity contribution is 7.89. The molecule has 1 aliphatic heterocycles. The van der Waals surface area contributed by atoms with Gasteiger partial charge in [-0.15, -0.1) is 0 Å². The maximum atomic E-state index is 13.8. The summed E-state index contributed by atoms with van der Waals surface area (Å²) in [7, 11) is -2.31. The minimum absolute atomic E-state index is 0.144. The van der Waals surface area contributed by atoms with Gasteiger partial charge in [0.15, 0.2) is 4.90 Å². The van der Waals surface area contributed by atoms with E-state index >= 15 is 0 Å². The van der Waals surface area contributed by atoms with Crippen LogP contribution in [0.2, 0.25) is 0 Å². The molecule has 1 aromatic carbocycles. The third kappa shape index (κ3) is 2.92. The van der Waals surface area contributed by atoms with Crippen LogP contribution in [0.5, 0.6) is 0 Å². The molecule has 0 radical (unpaired) electrons. The lowest BCUT2D eigenvalue weighted by atomic mass is 10.3. The SMILES string of the molecule is CN1CCCN(S(=O)(=O)c2c(F)cc(N)cc2F)CC1. The van der Waals surface area contributed by atoms with Crippen molar-refractivity contribution in [3.05, 3.63) is 23.8 Å². The fourth-order valence-electron chi connectivity index (χ4n) is 2.22. The second-order valence-corrected chi connectivity index (χ2v) is 6.75. The predicted molar refractivity (Wildman–Crippen MR) is 71.6 cm³/mol. The van der Waals surface area contributed by atoms with Crippen molar-refractivity contribution in [1.29, 1.82) is 0 Å². The molecule has 1 aliphatic rings. The first kappa shape index (κ1) is 15.1. The standard InChI is InChI=1S/C12H17F2N3O2S/c1-16-3-2-4-17(6-5-16)20(18,19)12-10(13)7-9(15)8-11(12)14/h7-8H,2-6,15H2,1H3. The van der Waals surface area contributed by atoms with Crippen LogP contribution in [0.4, 0.5) is 14.5 Å². The molecule has 2 N–H and O–H groups in total. The molecule has 0 amide bonds. The lowest BCUT2D eigenvalue weighted by molar-refractivity contribution is 0.346. The summed E-state index contributed by atoms with van der Waals surface area (Å²) < 4.78 is 53.5. The average molecular weight is 305 g/mol. The Morgan fingerprint density at radius 3 is 2.30 bits per heavy atom. The van der Waals surface area contributed by atoms with Gasteiger partial charge in [-0.05, 0) is 32.1 Å². The lowest BCUT2D eigenvalue weighted by Gasteiger charge is -2.20. The van der Waals surface area contributed by atoms with E-state index in [-0.39, 0.29) is 18.8 Å². The van der Waals surface area contributed by atoms with Crippen LogP contribution in [-0.4, -0.2) is 50.8 Å². The van der Waals surface area contributed by atoms with Gasteiger partial charge in [0.1, 0.15) is 11.6 Å². The van der Waals surface area contributed by atoms with Gasteiger partial charge in [0.25, 0.3) is 0 Å². The molecule has 1 fully saturated rings. The highest BCUT2D eigenvalue weighted by Gasteiger charge is 2.31. The van der Waals surface area contributed by atoms with E-state index in [1.807, 2.05) is 11.9 Å². The summed E-state index contributed by atoms with van der Waals surface area (Å²) in [5.74, 6) is -2.31. The number of nitrogen functional groups attached to an aromatic ring is 1. The number of hydrogen-bond donors (Lipinski definition) is 1. The van der Waals surface area contributed by atoms with Crippen molar-refractivity contribution in [2.75, 3.05) is 39.0 Å². The Bertz CT molecular complexity index is 584. The number of hydrogen-bond acceptors (Lipinski definition) is 4. The highest BCUT2D eigenvalue weighted by Crippen LogP contribution is 2.25. The monoisotopic (exact) mass is 305 g/mol. The van der Waals surface area contributed by atoms with Crippen LogP contribution in [0.25, 0.3) is 0 Å². The molecular weight excluding hydrogens is 288 g/mol. The molecule has 2 rings (SSSR count). The second-order valence-electron chi connectivity index (χ2n) is 4.87. The number of rotatable bonds is 2. The van der Waals surface area contributed by atoms with Crippen LogP contribution in [0.1, 0.15) is 6.42 Å². The van der Waals surface area contributed by atoms with Crippen molar-refractivity contribution in [3.8, 4) is 0 Å². The molecule has 0 bridgehead atoms. The number of anilines is 1. The zero-order valence-electron chi connectivity index (χ0n) is 11.1. The van der Waals surface area contributed by atoms with Crippen LogP contribution >= 0.6 is 0 Å². The predicted octanol–water partition coefficient (Wildman–Crippen LogP) is 0.873. The van der Waals surface area contributed by atoms with Crippen LogP contribution in [0.15, 0.2) is 17.0 Å².